The van der Waals surface area contributed by atoms with Crippen LogP contribution >= 0.6 is 0 Å². The molecule has 0 radical (unpaired) electrons. The number of anilines is 1. The van der Waals surface area contributed by atoms with Crippen molar-refractivity contribution in [1.82, 2.24) is 0 Å². The molecule has 0 fully saturated rings. The lowest BCUT2D eigenvalue weighted by molar-refractivity contribution is -0.0129. The minimum atomic E-state index is -1.66. The first-order chi connectivity index (χ1) is 6.07. The molecule has 1 aromatic carbocycles. The molecule has 0 saturated carbocycles. The van der Waals surface area contributed by atoms with Gasteiger partial charge in [-0.1, -0.05) is 0 Å². The van der Waals surface area contributed by atoms with Gasteiger partial charge < -0.3 is 0 Å². The normalized spacial score (nSPS) is 10.2. The summed E-state index contributed by atoms with van der Waals surface area (Å²) in [6, 6.07) is 1.52. The van der Waals surface area contributed by atoms with Gasteiger partial charge in [-0.05, 0) is 12.1 Å². The largest absolute Gasteiger partial charge is 0.264 e. The van der Waals surface area contributed by atoms with Gasteiger partial charge in [-0.2, -0.15) is 0 Å². The molecule has 0 aliphatic carbocycles. The first-order valence-corrected chi connectivity index (χ1v) is 3.24. The molecule has 1 N–H and O–H groups in total. The van der Waals surface area contributed by atoms with Gasteiger partial charge in [0.05, 0.1) is 7.11 Å². The van der Waals surface area contributed by atoms with E-state index in [1.807, 2.05) is 0 Å². The monoisotopic (exact) mass is 193 g/mol. The third-order valence-electron chi connectivity index (χ3n) is 1.39. The summed E-state index contributed by atoms with van der Waals surface area (Å²) in [7, 11) is 1.04. The van der Waals surface area contributed by atoms with E-state index in [9.17, 15) is 13.2 Å². The van der Waals surface area contributed by atoms with Crippen LogP contribution in [0.15, 0.2) is 12.1 Å². The van der Waals surface area contributed by atoms with Crippen LogP contribution in [0.3, 0.4) is 0 Å². The number of rotatable bonds is 2. The van der Waals surface area contributed by atoms with Gasteiger partial charge in [-0.3, -0.25) is 10.0 Å². The van der Waals surface area contributed by atoms with Crippen molar-refractivity contribution in [2.24, 2.45) is 0 Å². The molecular formula is C7H6F3NO2. The Kier molecular flexibility index (Phi) is 2.74. The zero-order chi connectivity index (χ0) is 10.0. The lowest BCUT2D eigenvalue weighted by Crippen LogP contribution is -2.18. The molecule has 0 aliphatic heterocycles. The Bertz CT molecular complexity index is 319. The Labute approximate surface area is 71.9 Å². The van der Waals surface area contributed by atoms with Crippen LogP contribution < -0.4 is 5.23 Å². The topological polar surface area (TPSA) is 32.7 Å². The molecule has 0 heterocycles. The van der Waals surface area contributed by atoms with Gasteiger partial charge in [0.25, 0.3) is 0 Å². The average Bonchev–Trinajstić information content (AvgIpc) is 2.13. The second kappa shape index (κ2) is 3.63. The van der Waals surface area contributed by atoms with E-state index in [1.54, 1.807) is 0 Å². The molecule has 72 valence electrons. The molecule has 0 bridgehead atoms. The van der Waals surface area contributed by atoms with Crippen LogP contribution in [-0.2, 0) is 4.84 Å². The van der Waals surface area contributed by atoms with Crippen molar-refractivity contribution >= 4 is 5.69 Å². The highest BCUT2D eigenvalue weighted by Crippen LogP contribution is 2.22. The van der Waals surface area contributed by atoms with Crippen molar-refractivity contribution in [2.75, 3.05) is 12.3 Å². The molecule has 13 heavy (non-hydrogen) atoms. The summed E-state index contributed by atoms with van der Waals surface area (Å²) in [5.74, 6) is -4.50. The van der Waals surface area contributed by atoms with Gasteiger partial charge in [-0.15, -0.1) is 5.23 Å². The van der Waals surface area contributed by atoms with Crippen molar-refractivity contribution in [3.8, 4) is 0 Å². The van der Waals surface area contributed by atoms with Crippen LogP contribution in [0.1, 0.15) is 0 Å². The predicted molar refractivity (Wildman–Crippen MR) is 37.6 cm³/mol. The molecule has 0 amide bonds. The van der Waals surface area contributed by atoms with Crippen LogP contribution in [0.5, 0.6) is 0 Å². The van der Waals surface area contributed by atoms with Crippen LogP contribution in [0.2, 0.25) is 0 Å². The van der Waals surface area contributed by atoms with E-state index in [1.165, 1.54) is 0 Å². The smallest absolute Gasteiger partial charge is 0.196 e. The van der Waals surface area contributed by atoms with E-state index >= 15 is 0 Å². The predicted octanol–water partition coefficient (Wildman–Crippen LogP) is 1.86. The molecule has 0 aliphatic rings. The number of nitrogens with zero attached hydrogens (tertiary/aromatic N) is 1. The van der Waals surface area contributed by atoms with Gasteiger partial charge >= 0.3 is 0 Å². The summed E-state index contributed by atoms with van der Waals surface area (Å²) in [6.07, 6.45) is 0. The highest BCUT2D eigenvalue weighted by Gasteiger charge is 2.17. The van der Waals surface area contributed by atoms with Crippen molar-refractivity contribution in [3.05, 3.63) is 29.6 Å². The maximum atomic E-state index is 12.8. The molecule has 0 aromatic heterocycles. The summed E-state index contributed by atoms with van der Waals surface area (Å²) in [6.45, 7) is 0. The second-order valence-corrected chi connectivity index (χ2v) is 2.15. The Morgan fingerprint density at radius 3 is 2.38 bits per heavy atom. The number of hydrogen-bond donors (Lipinski definition) is 1. The maximum Gasteiger partial charge on any atom is 0.196 e. The van der Waals surface area contributed by atoms with E-state index in [0.29, 0.717) is 6.07 Å². The zero-order valence-electron chi connectivity index (χ0n) is 6.59. The third kappa shape index (κ3) is 1.73. The van der Waals surface area contributed by atoms with E-state index in [-0.39, 0.29) is 5.23 Å². The SMILES string of the molecule is CON(O)c1ccc(F)c(F)c1F. The summed E-state index contributed by atoms with van der Waals surface area (Å²) < 4.78 is 37.7. The van der Waals surface area contributed by atoms with Crippen molar-refractivity contribution in [3.63, 3.8) is 0 Å². The fraction of sp³-hybridized carbons (Fsp3) is 0.143. The molecule has 0 unspecified atom stereocenters. The molecule has 0 spiro atoms. The van der Waals surface area contributed by atoms with Crippen LogP contribution in [0.4, 0.5) is 18.9 Å². The zero-order valence-corrected chi connectivity index (χ0v) is 6.59. The Hall–Kier alpha value is -1.27. The first-order valence-electron chi connectivity index (χ1n) is 3.24. The molecule has 1 aromatic rings. The summed E-state index contributed by atoms with van der Waals surface area (Å²) in [4.78, 5) is 4.17. The highest BCUT2D eigenvalue weighted by molar-refractivity contribution is 5.43. The Morgan fingerprint density at radius 2 is 1.85 bits per heavy atom. The molecule has 0 atom stereocenters. The Morgan fingerprint density at radius 1 is 1.23 bits per heavy atom. The average molecular weight is 193 g/mol. The summed E-state index contributed by atoms with van der Waals surface area (Å²) in [5, 5.41) is 8.81. The first kappa shape index (κ1) is 9.82. The molecule has 1 rings (SSSR count). The van der Waals surface area contributed by atoms with Gasteiger partial charge in [0.1, 0.15) is 5.69 Å². The number of benzene rings is 1. The van der Waals surface area contributed by atoms with Crippen molar-refractivity contribution in [2.45, 2.75) is 0 Å². The lowest BCUT2D eigenvalue weighted by atomic mass is 10.3. The quantitative estimate of drug-likeness (QED) is 0.574. The van der Waals surface area contributed by atoms with Crippen LogP contribution in [0.25, 0.3) is 0 Å². The lowest BCUT2D eigenvalue weighted by Gasteiger charge is -2.13. The van der Waals surface area contributed by atoms with Crippen molar-refractivity contribution in [1.29, 1.82) is 0 Å². The third-order valence-corrected chi connectivity index (χ3v) is 1.39. The van der Waals surface area contributed by atoms with E-state index in [4.69, 9.17) is 5.21 Å². The van der Waals surface area contributed by atoms with E-state index < -0.39 is 23.1 Å². The molecule has 0 saturated heterocycles. The van der Waals surface area contributed by atoms with Gasteiger partial charge in [-0.25, -0.2) is 13.2 Å². The summed E-state index contributed by atoms with van der Waals surface area (Å²) >= 11 is 0. The fourth-order valence-electron chi connectivity index (χ4n) is 0.762. The van der Waals surface area contributed by atoms with E-state index in [2.05, 4.69) is 4.84 Å². The molecule has 3 nitrogen and oxygen atoms in total. The maximum absolute atomic E-state index is 12.8. The van der Waals surface area contributed by atoms with Gasteiger partial charge in [0.15, 0.2) is 17.5 Å². The summed E-state index contributed by atoms with van der Waals surface area (Å²) in [5.41, 5.74) is -0.596. The molecule has 6 heteroatoms. The fourth-order valence-corrected chi connectivity index (χ4v) is 0.762. The van der Waals surface area contributed by atoms with Gasteiger partial charge in [0, 0.05) is 0 Å². The number of hydrogen-bond acceptors (Lipinski definition) is 3. The minimum absolute atomic E-state index is 0.00213. The number of halogens is 3. The second-order valence-electron chi connectivity index (χ2n) is 2.15. The minimum Gasteiger partial charge on any atom is -0.264 e. The molecular weight excluding hydrogens is 187 g/mol. The van der Waals surface area contributed by atoms with Gasteiger partial charge in [0.2, 0.25) is 0 Å². The standard InChI is InChI=1S/C7H6F3NO2/c1-13-11(12)5-3-2-4(8)6(9)7(5)10/h2-3,12H,1H3. The van der Waals surface area contributed by atoms with Crippen LogP contribution in [0, 0.1) is 17.5 Å². The van der Waals surface area contributed by atoms with Crippen molar-refractivity contribution < 1.29 is 23.2 Å². The Balaban J connectivity index is 3.18. The van der Waals surface area contributed by atoms with E-state index in [0.717, 1.165) is 13.2 Å². The van der Waals surface area contributed by atoms with Crippen LogP contribution in [-0.4, -0.2) is 12.3 Å². The highest BCUT2D eigenvalue weighted by atomic mass is 19.2.